The highest BCUT2D eigenvalue weighted by atomic mass is 32.2. The van der Waals surface area contributed by atoms with Crippen LogP contribution in [0, 0.1) is 6.92 Å². The van der Waals surface area contributed by atoms with Gasteiger partial charge in [0.1, 0.15) is 5.82 Å². The summed E-state index contributed by atoms with van der Waals surface area (Å²) in [6, 6.07) is 4.44. The predicted molar refractivity (Wildman–Crippen MR) is 89.7 cm³/mol. The molecule has 112 valence electrons. The van der Waals surface area contributed by atoms with Gasteiger partial charge in [-0.2, -0.15) is 11.8 Å². The molecule has 0 atom stereocenters. The Morgan fingerprint density at radius 3 is 2.80 bits per heavy atom. The van der Waals surface area contributed by atoms with E-state index in [1.807, 2.05) is 0 Å². The molecule has 0 unspecified atom stereocenters. The van der Waals surface area contributed by atoms with Gasteiger partial charge in [-0.05, 0) is 57.6 Å². The third kappa shape index (κ3) is 4.98. The van der Waals surface area contributed by atoms with Gasteiger partial charge in [0, 0.05) is 36.6 Å². The van der Waals surface area contributed by atoms with E-state index in [4.69, 9.17) is 4.98 Å². The second-order valence-electron chi connectivity index (χ2n) is 6.53. The van der Waals surface area contributed by atoms with Gasteiger partial charge < -0.3 is 10.2 Å². The van der Waals surface area contributed by atoms with Crippen molar-refractivity contribution in [2.24, 2.45) is 0 Å². The van der Waals surface area contributed by atoms with Gasteiger partial charge >= 0.3 is 0 Å². The number of aryl methyl sites for hydroxylation is 1. The first-order valence-corrected chi connectivity index (χ1v) is 8.65. The van der Waals surface area contributed by atoms with Crippen molar-refractivity contribution in [3.63, 3.8) is 0 Å². The summed E-state index contributed by atoms with van der Waals surface area (Å²) >= 11 is 2.05. The maximum atomic E-state index is 4.73. The lowest BCUT2D eigenvalue weighted by Crippen LogP contribution is -2.35. The molecule has 1 aromatic rings. The SMILES string of the molecule is Cc1cc(CNC(C)(C)C)cc(N2CCCSCC2)n1. The summed E-state index contributed by atoms with van der Waals surface area (Å²) in [5.74, 6) is 3.64. The molecule has 1 aromatic heterocycles. The fourth-order valence-electron chi connectivity index (χ4n) is 2.33. The van der Waals surface area contributed by atoms with E-state index in [-0.39, 0.29) is 5.54 Å². The molecule has 0 bridgehead atoms. The molecular weight excluding hydrogens is 266 g/mol. The lowest BCUT2D eigenvalue weighted by Gasteiger charge is -2.24. The molecule has 0 saturated carbocycles. The summed E-state index contributed by atoms with van der Waals surface area (Å²) < 4.78 is 0. The van der Waals surface area contributed by atoms with Gasteiger partial charge in [0.2, 0.25) is 0 Å². The van der Waals surface area contributed by atoms with Crippen LogP contribution in [0.25, 0.3) is 0 Å². The van der Waals surface area contributed by atoms with Gasteiger partial charge in [0.15, 0.2) is 0 Å². The minimum absolute atomic E-state index is 0.149. The van der Waals surface area contributed by atoms with E-state index >= 15 is 0 Å². The quantitative estimate of drug-likeness (QED) is 0.926. The van der Waals surface area contributed by atoms with E-state index in [1.165, 1.54) is 23.5 Å². The molecule has 0 radical (unpaired) electrons. The van der Waals surface area contributed by atoms with E-state index in [9.17, 15) is 0 Å². The molecule has 1 saturated heterocycles. The zero-order valence-corrected chi connectivity index (χ0v) is 14.0. The van der Waals surface area contributed by atoms with Crippen LogP contribution >= 0.6 is 11.8 Å². The molecule has 1 N–H and O–H groups in total. The predicted octanol–water partition coefficient (Wildman–Crippen LogP) is 3.22. The van der Waals surface area contributed by atoms with Gasteiger partial charge in [0.25, 0.3) is 0 Å². The van der Waals surface area contributed by atoms with Crippen LogP contribution in [-0.4, -0.2) is 35.1 Å². The lowest BCUT2D eigenvalue weighted by molar-refractivity contribution is 0.424. The molecule has 2 rings (SSSR count). The number of aromatic nitrogens is 1. The van der Waals surface area contributed by atoms with Crippen LogP contribution in [0.4, 0.5) is 5.82 Å². The second-order valence-corrected chi connectivity index (χ2v) is 7.76. The highest BCUT2D eigenvalue weighted by Crippen LogP contribution is 2.19. The monoisotopic (exact) mass is 293 g/mol. The van der Waals surface area contributed by atoms with Gasteiger partial charge in [-0.25, -0.2) is 4.98 Å². The highest BCUT2D eigenvalue weighted by Gasteiger charge is 2.13. The van der Waals surface area contributed by atoms with E-state index in [1.54, 1.807) is 0 Å². The van der Waals surface area contributed by atoms with Gasteiger partial charge in [-0.1, -0.05) is 0 Å². The summed E-state index contributed by atoms with van der Waals surface area (Å²) in [4.78, 5) is 7.17. The van der Waals surface area contributed by atoms with Crippen molar-refractivity contribution >= 4 is 17.6 Å². The van der Waals surface area contributed by atoms with Crippen molar-refractivity contribution in [1.29, 1.82) is 0 Å². The van der Waals surface area contributed by atoms with Gasteiger partial charge in [-0.3, -0.25) is 0 Å². The first-order valence-electron chi connectivity index (χ1n) is 7.49. The maximum Gasteiger partial charge on any atom is 0.129 e. The molecule has 1 fully saturated rings. The van der Waals surface area contributed by atoms with Crippen LogP contribution in [0.2, 0.25) is 0 Å². The average Bonchev–Trinajstić information content (AvgIpc) is 2.64. The van der Waals surface area contributed by atoms with Crippen molar-refractivity contribution in [2.75, 3.05) is 29.5 Å². The average molecular weight is 293 g/mol. The number of thioether (sulfide) groups is 1. The number of hydrogen-bond donors (Lipinski definition) is 1. The topological polar surface area (TPSA) is 28.2 Å². The Hall–Kier alpha value is -0.740. The highest BCUT2D eigenvalue weighted by molar-refractivity contribution is 7.99. The Morgan fingerprint density at radius 1 is 1.25 bits per heavy atom. The number of nitrogens with zero attached hydrogens (tertiary/aromatic N) is 2. The maximum absolute atomic E-state index is 4.73. The minimum Gasteiger partial charge on any atom is -0.356 e. The van der Waals surface area contributed by atoms with Crippen LogP contribution < -0.4 is 10.2 Å². The van der Waals surface area contributed by atoms with Crippen molar-refractivity contribution in [2.45, 2.75) is 46.2 Å². The zero-order chi connectivity index (χ0) is 14.6. The standard InChI is InChI=1S/C16H27N3S/c1-13-10-14(12-17-16(2,3)4)11-15(18-13)19-6-5-8-20-9-7-19/h10-11,17H,5-9,12H2,1-4H3. The smallest absolute Gasteiger partial charge is 0.129 e. The van der Waals surface area contributed by atoms with Crippen LogP contribution in [0.5, 0.6) is 0 Å². The molecular formula is C16H27N3S. The zero-order valence-electron chi connectivity index (χ0n) is 13.2. The molecule has 0 aromatic carbocycles. The molecule has 20 heavy (non-hydrogen) atoms. The Morgan fingerprint density at radius 2 is 2.05 bits per heavy atom. The number of pyridine rings is 1. The largest absolute Gasteiger partial charge is 0.356 e. The first-order chi connectivity index (χ1) is 9.44. The molecule has 4 heteroatoms. The van der Waals surface area contributed by atoms with Crippen molar-refractivity contribution in [3.05, 3.63) is 23.4 Å². The number of anilines is 1. The van der Waals surface area contributed by atoms with Crippen LogP contribution in [0.3, 0.4) is 0 Å². The minimum atomic E-state index is 0.149. The van der Waals surface area contributed by atoms with Crippen molar-refractivity contribution < 1.29 is 0 Å². The van der Waals surface area contributed by atoms with Gasteiger partial charge in [0.05, 0.1) is 0 Å². The summed E-state index contributed by atoms with van der Waals surface area (Å²) in [6.45, 7) is 11.9. The molecule has 2 heterocycles. The van der Waals surface area contributed by atoms with Gasteiger partial charge in [-0.15, -0.1) is 0 Å². The molecule has 3 nitrogen and oxygen atoms in total. The summed E-state index contributed by atoms with van der Waals surface area (Å²) in [7, 11) is 0. The summed E-state index contributed by atoms with van der Waals surface area (Å²) in [6.07, 6.45) is 1.26. The Labute approximate surface area is 127 Å². The molecule has 1 aliphatic heterocycles. The summed E-state index contributed by atoms with van der Waals surface area (Å²) in [5.41, 5.74) is 2.60. The fraction of sp³-hybridized carbons (Fsp3) is 0.688. The lowest BCUT2D eigenvalue weighted by atomic mass is 10.1. The Balaban J connectivity index is 2.11. The first kappa shape index (κ1) is 15.6. The van der Waals surface area contributed by atoms with Crippen LogP contribution in [-0.2, 0) is 6.54 Å². The number of nitrogens with one attached hydrogen (secondary N) is 1. The molecule has 1 aliphatic rings. The fourth-order valence-corrected chi connectivity index (χ4v) is 3.21. The van der Waals surface area contributed by atoms with E-state index < -0.39 is 0 Å². The Kier molecular flexibility index (Phi) is 5.33. The van der Waals surface area contributed by atoms with E-state index in [2.05, 4.69) is 61.8 Å². The van der Waals surface area contributed by atoms with E-state index in [0.29, 0.717) is 0 Å². The van der Waals surface area contributed by atoms with E-state index in [0.717, 1.165) is 31.1 Å². The Bertz CT molecular complexity index is 432. The third-order valence-electron chi connectivity index (χ3n) is 3.37. The van der Waals surface area contributed by atoms with Crippen molar-refractivity contribution in [3.8, 4) is 0 Å². The third-order valence-corrected chi connectivity index (χ3v) is 4.42. The second kappa shape index (κ2) is 6.81. The molecule has 0 spiro atoms. The molecule has 0 aliphatic carbocycles. The van der Waals surface area contributed by atoms with Crippen LogP contribution in [0.15, 0.2) is 12.1 Å². The number of hydrogen-bond acceptors (Lipinski definition) is 4. The molecule has 0 amide bonds. The van der Waals surface area contributed by atoms with Crippen molar-refractivity contribution in [1.82, 2.24) is 10.3 Å². The summed E-state index contributed by atoms with van der Waals surface area (Å²) in [5, 5.41) is 3.56. The number of rotatable bonds is 3. The normalized spacial score (nSPS) is 17.1. The van der Waals surface area contributed by atoms with Crippen LogP contribution in [0.1, 0.15) is 38.4 Å².